The molecule has 0 spiro atoms. The summed E-state index contributed by atoms with van der Waals surface area (Å²) in [6, 6.07) is 8.13. The highest BCUT2D eigenvalue weighted by atomic mass is 19.4. The van der Waals surface area contributed by atoms with Gasteiger partial charge in [-0.05, 0) is 62.1 Å². The molecule has 2 aromatic rings. The Labute approximate surface area is 252 Å². The van der Waals surface area contributed by atoms with E-state index in [0.29, 0.717) is 31.1 Å². The van der Waals surface area contributed by atoms with Crippen molar-refractivity contribution in [1.29, 1.82) is 0 Å². The van der Waals surface area contributed by atoms with Gasteiger partial charge in [0.05, 0.1) is 35.6 Å². The van der Waals surface area contributed by atoms with Crippen LogP contribution in [0.3, 0.4) is 0 Å². The molecule has 3 aliphatic heterocycles. The number of allylic oxidation sites excluding steroid dienone is 1. The number of nitrogens with zero attached hydrogens (tertiary/aromatic N) is 5. The van der Waals surface area contributed by atoms with Gasteiger partial charge in [0.2, 0.25) is 11.6 Å². The van der Waals surface area contributed by atoms with Crippen molar-refractivity contribution in [1.82, 2.24) is 9.88 Å². The molecule has 4 aliphatic rings. The van der Waals surface area contributed by atoms with E-state index >= 15 is 0 Å². The number of halogens is 3. The predicted molar refractivity (Wildman–Crippen MR) is 157 cm³/mol. The highest BCUT2D eigenvalue weighted by Crippen LogP contribution is 2.44. The molecular weight excluding hydrogens is 575 g/mol. The van der Waals surface area contributed by atoms with E-state index in [1.165, 1.54) is 0 Å². The third-order valence-electron chi connectivity index (χ3n) is 8.84. The number of carbonyl (C=O) groups excluding carboxylic acids is 2. The van der Waals surface area contributed by atoms with Gasteiger partial charge in [0.25, 0.3) is 11.7 Å². The number of nitrogens with one attached hydrogen (secondary N) is 1. The summed E-state index contributed by atoms with van der Waals surface area (Å²) in [6.45, 7) is 1.64. The third kappa shape index (κ3) is 5.35. The van der Waals surface area contributed by atoms with Crippen molar-refractivity contribution in [3.8, 4) is 0 Å². The topological polar surface area (TPSA) is 122 Å². The Morgan fingerprint density at radius 2 is 1.95 bits per heavy atom. The van der Waals surface area contributed by atoms with Crippen molar-refractivity contribution in [2.75, 3.05) is 32.1 Å². The largest absolute Gasteiger partial charge is 0.416 e. The molecule has 230 valence electrons. The first-order valence-electron chi connectivity index (χ1n) is 14.5. The first-order chi connectivity index (χ1) is 21.0. The van der Waals surface area contributed by atoms with Crippen LogP contribution in [0.2, 0.25) is 0 Å². The van der Waals surface area contributed by atoms with Gasteiger partial charge in [0.15, 0.2) is 0 Å². The van der Waals surface area contributed by atoms with Crippen LogP contribution in [0.4, 0.5) is 19.0 Å². The number of rotatable bonds is 7. The fourth-order valence-corrected chi connectivity index (χ4v) is 6.36. The summed E-state index contributed by atoms with van der Waals surface area (Å²) in [5, 5.41) is 2.42. The van der Waals surface area contributed by atoms with Crippen molar-refractivity contribution in [3.63, 3.8) is 0 Å². The van der Waals surface area contributed by atoms with E-state index in [1.54, 1.807) is 50.0 Å². The van der Waals surface area contributed by atoms with Crippen LogP contribution in [0.25, 0.3) is 0 Å². The van der Waals surface area contributed by atoms with E-state index in [1.807, 2.05) is 4.90 Å². The average molecular weight is 609 g/mol. The smallest absolute Gasteiger partial charge is 0.384 e. The number of hydrogen-bond acceptors (Lipinski definition) is 7. The maximum absolute atomic E-state index is 13.6. The van der Waals surface area contributed by atoms with Gasteiger partial charge >= 0.3 is 6.18 Å². The molecule has 0 radical (unpaired) electrons. The summed E-state index contributed by atoms with van der Waals surface area (Å²) in [5.74, 6) is 6.73. The first-order valence-corrected chi connectivity index (χ1v) is 14.5. The summed E-state index contributed by atoms with van der Waals surface area (Å²) in [7, 11) is 1.63. The lowest BCUT2D eigenvalue weighted by Gasteiger charge is -2.45. The summed E-state index contributed by atoms with van der Waals surface area (Å²) in [4.78, 5) is 41.5. The molecule has 13 heteroatoms. The number of amides is 2. The number of methoxy groups -OCH3 is 1. The van der Waals surface area contributed by atoms with Crippen LogP contribution in [0.5, 0.6) is 0 Å². The summed E-state index contributed by atoms with van der Waals surface area (Å²) in [5.41, 5.74) is 1.03. The molecule has 4 heterocycles. The van der Waals surface area contributed by atoms with Crippen LogP contribution in [0.1, 0.15) is 53.6 Å². The molecule has 0 bridgehead atoms. The molecule has 10 nitrogen and oxygen atoms in total. The molecule has 1 aliphatic carbocycles. The van der Waals surface area contributed by atoms with Crippen LogP contribution in [-0.4, -0.2) is 65.1 Å². The van der Waals surface area contributed by atoms with Gasteiger partial charge in [-0.3, -0.25) is 14.6 Å². The van der Waals surface area contributed by atoms with Gasteiger partial charge in [-0.25, -0.2) is 4.98 Å². The standard InChI is InChI=1S/C31H32F3N7O3/c1-44-19-30(10-3-11-30)29(43)40-14-2-4-22(18-40)26-24-17-36-13-15-41(24,35)27(39-26)20-5-7-21(8-6-20)28(42)38-25-16-23(9-12-37-25)31(32,33)34/h5-9,12-13,15-17,22H,2-4,10-11,14,18-19,35H2,1H3/p+1. The second kappa shape index (κ2) is 11.4. The number of piperidine rings is 1. The van der Waals surface area contributed by atoms with Gasteiger partial charge in [-0.2, -0.15) is 24.0 Å². The molecular formula is C31H33F3N7O3+. The van der Waals surface area contributed by atoms with E-state index in [4.69, 9.17) is 15.6 Å². The molecule has 1 aromatic heterocycles. The minimum atomic E-state index is -4.55. The van der Waals surface area contributed by atoms with Crippen molar-refractivity contribution < 1.29 is 32.1 Å². The molecule has 44 heavy (non-hydrogen) atoms. The van der Waals surface area contributed by atoms with Crippen molar-refractivity contribution >= 4 is 29.7 Å². The minimum Gasteiger partial charge on any atom is -0.384 e. The monoisotopic (exact) mass is 608 g/mol. The Morgan fingerprint density at radius 1 is 1.18 bits per heavy atom. The van der Waals surface area contributed by atoms with Crippen LogP contribution in [0.15, 0.2) is 76.4 Å². The minimum absolute atomic E-state index is 0.0381. The highest BCUT2D eigenvalue weighted by molar-refractivity contribution is 6.05. The van der Waals surface area contributed by atoms with Gasteiger partial charge in [-0.15, -0.1) is 4.59 Å². The fourth-order valence-electron chi connectivity index (χ4n) is 6.36. The summed E-state index contributed by atoms with van der Waals surface area (Å²) >= 11 is 0. The molecule has 1 saturated heterocycles. The van der Waals surface area contributed by atoms with Crippen molar-refractivity contribution in [2.45, 2.75) is 38.3 Å². The average Bonchev–Trinajstić information content (AvgIpc) is 3.31. The number of quaternary nitrogens is 1. The van der Waals surface area contributed by atoms with Crippen LogP contribution >= 0.6 is 0 Å². The molecule has 6 rings (SSSR count). The number of fused-ring (bicyclic) bond motifs is 1. The molecule has 3 N–H and O–H groups in total. The van der Waals surface area contributed by atoms with Gasteiger partial charge in [0, 0.05) is 37.9 Å². The maximum atomic E-state index is 13.6. The van der Waals surface area contributed by atoms with E-state index in [-0.39, 0.29) is 27.8 Å². The molecule has 2 unspecified atom stereocenters. The number of pyridine rings is 1. The van der Waals surface area contributed by atoms with Crippen molar-refractivity contribution in [3.05, 3.63) is 83.1 Å². The van der Waals surface area contributed by atoms with E-state index in [2.05, 4.69) is 15.3 Å². The summed E-state index contributed by atoms with van der Waals surface area (Å²) < 4.78 is 44.4. The third-order valence-corrected chi connectivity index (χ3v) is 8.84. The van der Waals surface area contributed by atoms with Gasteiger partial charge in [0.1, 0.15) is 17.7 Å². The predicted octanol–water partition coefficient (Wildman–Crippen LogP) is 4.63. The second-order valence-corrected chi connectivity index (χ2v) is 11.7. The van der Waals surface area contributed by atoms with E-state index < -0.39 is 23.1 Å². The Morgan fingerprint density at radius 3 is 2.64 bits per heavy atom. The number of aromatic nitrogens is 1. The van der Waals surface area contributed by atoms with E-state index in [9.17, 15) is 22.8 Å². The lowest BCUT2D eigenvalue weighted by Crippen LogP contribution is -2.54. The normalized spacial score (nSPS) is 24.1. The summed E-state index contributed by atoms with van der Waals surface area (Å²) in [6.07, 6.45) is 5.85. The zero-order valence-corrected chi connectivity index (χ0v) is 24.2. The number of alkyl halides is 3. The lowest BCUT2D eigenvalue weighted by atomic mass is 9.68. The number of likely N-dealkylation sites (tertiary alicyclic amines) is 1. The number of benzene rings is 1. The SMILES string of the molecule is COCC1(C(=O)N2CCCC(C3=C4C=NC=C[N+]4(N)C(c4ccc(C(=O)Nc5cc(C(F)(F)F)ccn5)cc4)=N3)C2)CCC1. The molecule has 2 amide bonds. The first kappa shape index (κ1) is 29.9. The Bertz CT molecular complexity index is 1600. The maximum Gasteiger partial charge on any atom is 0.416 e. The Kier molecular flexibility index (Phi) is 7.72. The van der Waals surface area contributed by atoms with Gasteiger partial charge < -0.3 is 15.0 Å². The fraction of sp³-hybridized carbons (Fsp3) is 0.387. The molecule has 2 fully saturated rings. The number of anilines is 1. The Balaban J connectivity index is 1.22. The number of hydrogen-bond donors (Lipinski definition) is 2. The molecule has 2 atom stereocenters. The number of amidine groups is 1. The zero-order chi connectivity index (χ0) is 31.1. The van der Waals surface area contributed by atoms with Crippen LogP contribution in [-0.2, 0) is 15.7 Å². The number of nitrogens with two attached hydrogens (primary N) is 1. The van der Waals surface area contributed by atoms with Crippen LogP contribution < -0.4 is 11.2 Å². The number of carbonyl (C=O) groups is 2. The van der Waals surface area contributed by atoms with E-state index in [0.717, 1.165) is 61.8 Å². The number of aliphatic imine (C=N–C) groups is 2. The van der Waals surface area contributed by atoms with Crippen molar-refractivity contribution in [2.24, 2.45) is 27.2 Å². The Hall–Kier alpha value is -4.20. The number of ether oxygens (including phenoxy) is 1. The molecule has 1 saturated carbocycles. The zero-order valence-electron chi connectivity index (χ0n) is 24.2. The van der Waals surface area contributed by atoms with Gasteiger partial charge in [-0.1, -0.05) is 6.42 Å². The van der Waals surface area contributed by atoms with Crippen LogP contribution in [0, 0.1) is 11.3 Å². The lowest BCUT2D eigenvalue weighted by molar-refractivity contribution is -0.750. The highest BCUT2D eigenvalue weighted by Gasteiger charge is 2.49. The second-order valence-electron chi connectivity index (χ2n) is 11.7. The quantitative estimate of drug-likeness (QED) is 0.351. The molecule has 1 aromatic carbocycles.